The molecule has 0 bridgehead atoms. The van der Waals surface area contributed by atoms with Crippen LogP contribution in [0.2, 0.25) is 0 Å². The highest BCUT2D eigenvalue weighted by Gasteiger charge is 2.18. The van der Waals surface area contributed by atoms with Crippen molar-refractivity contribution in [3.05, 3.63) is 53.8 Å². The van der Waals surface area contributed by atoms with E-state index in [1.807, 2.05) is 24.3 Å². The summed E-state index contributed by atoms with van der Waals surface area (Å²) in [4.78, 5) is 16.7. The van der Waals surface area contributed by atoms with E-state index in [1.165, 1.54) is 17.8 Å². The molecule has 1 aromatic heterocycles. The van der Waals surface area contributed by atoms with Gasteiger partial charge in [-0.2, -0.15) is 0 Å². The first-order valence-corrected chi connectivity index (χ1v) is 9.14. The minimum Gasteiger partial charge on any atom is -0.497 e. The molecule has 3 aromatic rings. The van der Waals surface area contributed by atoms with Gasteiger partial charge < -0.3 is 10.1 Å². The van der Waals surface area contributed by atoms with Crippen molar-refractivity contribution in [1.29, 1.82) is 0 Å². The van der Waals surface area contributed by atoms with Crippen LogP contribution in [-0.2, 0) is 4.79 Å². The zero-order valence-corrected chi connectivity index (χ0v) is 15.9. The summed E-state index contributed by atoms with van der Waals surface area (Å²) < 4.78 is 18.7. The van der Waals surface area contributed by atoms with E-state index in [4.69, 9.17) is 4.74 Å². The molecule has 6 nitrogen and oxygen atoms in total. The van der Waals surface area contributed by atoms with Crippen LogP contribution in [0.1, 0.15) is 12.5 Å². The molecule has 8 heteroatoms. The summed E-state index contributed by atoms with van der Waals surface area (Å²) in [5, 5.41) is 9.72. The van der Waals surface area contributed by atoms with Crippen molar-refractivity contribution >= 4 is 23.4 Å². The first-order valence-electron chi connectivity index (χ1n) is 8.27. The number of aromatic nitrogens is 3. The van der Waals surface area contributed by atoms with Crippen LogP contribution in [0.25, 0.3) is 11.4 Å². The van der Waals surface area contributed by atoms with Gasteiger partial charge in [-0.1, -0.05) is 17.8 Å². The second kappa shape index (κ2) is 8.22. The van der Waals surface area contributed by atoms with E-state index in [0.29, 0.717) is 22.2 Å². The highest BCUT2D eigenvalue weighted by atomic mass is 32.2. The maximum absolute atomic E-state index is 13.6. The van der Waals surface area contributed by atoms with E-state index in [-0.39, 0.29) is 11.7 Å². The number of anilines is 1. The summed E-state index contributed by atoms with van der Waals surface area (Å²) in [6.07, 6.45) is 0. The molecule has 1 atom stereocenters. The second-order valence-corrected chi connectivity index (χ2v) is 7.22. The molecule has 3 rings (SSSR count). The largest absolute Gasteiger partial charge is 0.497 e. The van der Waals surface area contributed by atoms with Crippen LogP contribution < -0.4 is 10.1 Å². The number of rotatable bonds is 6. The molecule has 0 unspecified atom stereocenters. The van der Waals surface area contributed by atoms with Gasteiger partial charge in [0.15, 0.2) is 5.82 Å². The Bertz CT molecular complexity index is 943. The van der Waals surface area contributed by atoms with Crippen molar-refractivity contribution in [3.8, 4) is 17.1 Å². The minimum atomic E-state index is -0.450. The van der Waals surface area contributed by atoms with Crippen molar-refractivity contribution in [2.75, 3.05) is 12.4 Å². The summed E-state index contributed by atoms with van der Waals surface area (Å²) in [6, 6.07) is 12.0. The SMILES string of the molecule is COc1ccc(-c2nc(S[C@@H](C)C(=O)Nc3ccc(C)c(F)c3)n[nH]2)cc1. The molecule has 0 spiro atoms. The van der Waals surface area contributed by atoms with Gasteiger partial charge in [-0.25, -0.2) is 9.37 Å². The van der Waals surface area contributed by atoms with Gasteiger partial charge in [-0.3, -0.25) is 9.89 Å². The molecule has 0 saturated heterocycles. The predicted octanol–water partition coefficient (Wildman–Crippen LogP) is 4.05. The number of carbonyl (C=O) groups is 1. The van der Waals surface area contributed by atoms with Crippen LogP contribution in [0.3, 0.4) is 0 Å². The smallest absolute Gasteiger partial charge is 0.237 e. The fourth-order valence-corrected chi connectivity index (χ4v) is 3.03. The fourth-order valence-electron chi connectivity index (χ4n) is 2.30. The van der Waals surface area contributed by atoms with Crippen LogP contribution >= 0.6 is 11.8 Å². The lowest BCUT2D eigenvalue weighted by molar-refractivity contribution is -0.115. The van der Waals surface area contributed by atoms with Gasteiger partial charge in [0.05, 0.1) is 12.4 Å². The number of H-pyrrole nitrogens is 1. The molecule has 0 aliphatic heterocycles. The number of nitrogens with one attached hydrogen (secondary N) is 2. The fraction of sp³-hybridized carbons (Fsp3) is 0.211. The lowest BCUT2D eigenvalue weighted by Crippen LogP contribution is -2.22. The molecule has 140 valence electrons. The molecule has 0 aliphatic rings. The molecule has 0 aliphatic carbocycles. The van der Waals surface area contributed by atoms with E-state index in [9.17, 15) is 9.18 Å². The average molecular weight is 386 g/mol. The third-order valence-corrected chi connectivity index (χ3v) is 4.88. The van der Waals surface area contributed by atoms with Crippen molar-refractivity contribution in [2.24, 2.45) is 0 Å². The zero-order valence-electron chi connectivity index (χ0n) is 15.1. The zero-order chi connectivity index (χ0) is 19.4. The van der Waals surface area contributed by atoms with Crippen LogP contribution in [0.4, 0.5) is 10.1 Å². The standard InChI is InChI=1S/C19H19FN4O2S/c1-11-4-7-14(10-16(11)20)21-18(25)12(2)27-19-22-17(23-24-19)13-5-8-15(26-3)9-6-13/h4-10,12H,1-3H3,(H,21,25)(H,22,23,24)/t12-/m0/s1. The Morgan fingerprint density at radius 1 is 1.26 bits per heavy atom. The summed E-state index contributed by atoms with van der Waals surface area (Å²) in [6.45, 7) is 3.41. The Hall–Kier alpha value is -2.87. The molecule has 0 radical (unpaired) electrons. The molecule has 0 saturated carbocycles. The molecular weight excluding hydrogens is 367 g/mol. The number of thioether (sulfide) groups is 1. The summed E-state index contributed by atoms with van der Waals surface area (Å²) >= 11 is 1.22. The summed E-state index contributed by atoms with van der Waals surface area (Å²) in [7, 11) is 1.61. The number of hydrogen-bond donors (Lipinski definition) is 2. The number of carbonyl (C=O) groups excluding carboxylic acids is 1. The van der Waals surface area contributed by atoms with Gasteiger partial charge in [-0.15, -0.1) is 5.10 Å². The lowest BCUT2D eigenvalue weighted by atomic mass is 10.2. The van der Waals surface area contributed by atoms with Crippen LogP contribution in [0.15, 0.2) is 47.6 Å². The van der Waals surface area contributed by atoms with Gasteiger partial charge in [0.25, 0.3) is 0 Å². The average Bonchev–Trinajstić information content (AvgIpc) is 3.13. The third-order valence-electron chi connectivity index (χ3n) is 3.92. The first-order chi connectivity index (χ1) is 13.0. The van der Waals surface area contributed by atoms with Crippen LogP contribution in [0.5, 0.6) is 5.75 Å². The van der Waals surface area contributed by atoms with Gasteiger partial charge in [0.2, 0.25) is 11.1 Å². The predicted molar refractivity (Wildman–Crippen MR) is 103 cm³/mol. The van der Waals surface area contributed by atoms with Gasteiger partial charge in [0.1, 0.15) is 11.6 Å². The first kappa shape index (κ1) is 18.9. The highest BCUT2D eigenvalue weighted by Crippen LogP contribution is 2.25. The highest BCUT2D eigenvalue weighted by molar-refractivity contribution is 8.00. The van der Waals surface area contributed by atoms with E-state index in [2.05, 4.69) is 20.5 Å². The Morgan fingerprint density at radius 2 is 2.00 bits per heavy atom. The molecular formula is C19H19FN4O2S. The minimum absolute atomic E-state index is 0.251. The van der Waals surface area contributed by atoms with Crippen molar-refractivity contribution in [3.63, 3.8) is 0 Å². The molecule has 0 fully saturated rings. The van der Waals surface area contributed by atoms with E-state index < -0.39 is 5.25 Å². The number of aryl methyl sites for hydroxylation is 1. The Balaban J connectivity index is 1.63. The molecule has 1 amide bonds. The quantitative estimate of drug-likeness (QED) is 0.625. The number of amides is 1. The summed E-state index contributed by atoms with van der Waals surface area (Å²) in [5.74, 6) is 0.754. The van der Waals surface area contributed by atoms with Gasteiger partial charge >= 0.3 is 0 Å². The van der Waals surface area contributed by atoms with Crippen LogP contribution in [0, 0.1) is 12.7 Å². The number of benzene rings is 2. The molecule has 2 N–H and O–H groups in total. The Kier molecular flexibility index (Phi) is 5.75. The third kappa shape index (κ3) is 4.65. The number of nitrogens with zero attached hydrogens (tertiary/aromatic N) is 2. The second-order valence-electron chi connectivity index (χ2n) is 5.91. The maximum Gasteiger partial charge on any atom is 0.237 e. The summed E-state index contributed by atoms with van der Waals surface area (Å²) in [5.41, 5.74) is 1.81. The van der Waals surface area contributed by atoms with Crippen molar-refractivity contribution < 1.29 is 13.9 Å². The van der Waals surface area contributed by atoms with E-state index in [1.54, 1.807) is 33.1 Å². The number of methoxy groups -OCH3 is 1. The maximum atomic E-state index is 13.6. The Labute approximate surface area is 160 Å². The van der Waals surface area contributed by atoms with E-state index >= 15 is 0 Å². The number of halogens is 1. The monoisotopic (exact) mass is 386 g/mol. The molecule has 27 heavy (non-hydrogen) atoms. The van der Waals surface area contributed by atoms with Gasteiger partial charge in [-0.05, 0) is 55.8 Å². The number of aromatic amines is 1. The van der Waals surface area contributed by atoms with Crippen LogP contribution in [-0.4, -0.2) is 33.4 Å². The normalized spacial score (nSPS) is 11.9. The van der Waals surface area contributed by atoms with Crippen molar-refractivity contribution in [2.45, 2.75) is 24.3 Å². The molecule has 2 aromatic carbocycles. The van der Waals surface area contributed by atoms with E-state index in [0.717, 1.165) is 11.3 Å². The van der Waals surface area contributed by atoms with Crippen molar-refractivity contribution in [1.82, 2.24) is 15.2 Å². The topological polar surface area (TPSA) is 79.9 Å². The Morgan fingerprint density at radius 3 is 2.67 bits per heavy atom. The molecule has 1 heterocycles. The number of hydrogen-bond acceptors (Lipinski definition) is 5. The number of ether oxygens (including phenoxy) is 1. The van der Waals surface area contributed by atoms with Gasteiger partial charge in [0, 0.05) is 11.3 Å². The lowest BCUT2D eigenvalue weighted by Gasteiger charge is -2.10.